The van der Waals surface area contributed by atoms with E-state index in [2.05, 4.69) is 21.3 Å². The van der Waals surface area contributed by atoms with E-state index in [1.54, 1.807) is 12.1 Å². The molecule has 0 aliphatic rings. The van der Waals surface area contributed by atoms with Crippen LogP contribution in [0.1, 0.15) is 44.7 Å². The standard InChI is InChI=1S/C26H25N3O5.C26H25N3O4.Na/c1-15(25(30)31)27-18-11-17(14-34-16(2)26(32)33)12-19(13-18)28-24-20-7-3-5-9-22(20)29-23-10-6-4-8-21(23)24;1-17(30)27-19-13-18(16-33-12-6-11-25(31)32)14-20(15-19)28-26-21-7-2-4-9-23(21)29-24-10-5-3-8-22(24)26;/h3-13,15-16,27H,14H2,1-2H3,(H,28,29)(H,30,31)(H,32,33);2-5,7-10,13-15H,6,11-12,16H2,1H3,(H,27,30)(H,28,29)(H,31,32);/q;;+1/p-1. The maximum Gasteiger partial charge on any atom is 1.00 e. The third kappa shape index (κ3) is 13.3. The van der Waals surface area contributed by atoms with Gasteiger partial charge in [-0.05, 0) is 92.1 Å². The summed E-state index contributed by atoms with van der Waals surface area (Å²) in [4.78, 5) is 54.3. The average Bonchev–Trinajstić information content (AvgIpc) is 3.30. The number of nitrogens with zero attached hydrogens (tertiary/aromatic N) is 2. The van der Waals surface area contributed by atoms with Gasteiger partial charge in [-0.2, -0.15) is 0 Å². The number of carbonyl (C=O) groups excluding carboxylic acids is 2. The number of carboxylic acids is 3. The van der Waals surface area contributed by atoms with Crippen LogP contribution in [0.4, 0.5) is 34.1 Å². The number of para-hydroxylation sites is 4. The molecule has 0 radical (unpaired) electrons. The molecule has 0 aliphatic heterocycles. The fourth-order valence-electron chi connectivity index (χ4n) is 7.41. The van der Waals surface area contributed by atoms with Crippen LogP contribution in [0.3, 0.4) is 0 Å². The summed E-state index contributed by atoms with van der Waals surface area (Å²) < 4.78 is 11.1. The number of carbonyl (C=O) groups is 4. The molecule has 342 valence electrons. The van der Waals surface area contributed by atoms with Crippen LogP contribution in [-0.4, -0.2) is 62.7 Å². The molecule has 0 spiro atoms. The molecule has 2 aromatic heterocycles. The molecule has 0 fully saturated rings. The Hall–Kier alpha value is -7.14. The quantitative estimate of drug-likeness (QED) is 0.0323. The van der Waals surface area contributed by atoms with Gasteiger partial charge >= 0.3 is 41.5 Å². The molecule has 8 rings (SSSR count). The molecule has 0 saturated heterocycles. The van der Waals surface area contributed by atoms with Gasteiger partial charge in [0, 0.05) is 64.2 Å². The summed E-state index contributed by atoms with van der Waals surface area (Å²) in [6, 6.07) is 41.6. The largest absolute Gasteiger partial charge is 1.00 e. The number of fused-ring (bicyclic) bond motifs is 4. The molecule has 8 aromatic rings. The third-order valence-corrected chi connectivity index (χ3v) is 10.6. The van der Waals surface area contributed by atoms with Gasteiger partial charge in [-0.1, -0.05) is 72.8 Å². The monoisotopic (exact) mass is 924 g/mol. The summed E-state index contributed by atoms with van der Waals surface area (Å²) in [5.74, 6) is -3.30. The van der Waals surface area contributed by atoms with Crippen LogP contribution >= 0.6 is 0 Å². The van der Waals surface area contributed by atoms with E-state index in [1.165, 1.54) is 20.8 Å². The van der Waals surface area contributed by atoms with Gasteiger partial charge in [0.05, 0.1) is 58.7 Å². The first-order valence-corrected chi connectivity index (χ1v) is 21.6. The van der Waals surface area contributed by atoms with Gasteiger partial charge in [-0.15, -0.1) is 0 Å². The van der Waals surface area contributed by atoms with E-state index in [4.69, 9.17) is 29.7 Å². The molecular formula is C52H49N6NaO9. The SMILES string of the molecule is CC(=O)Nc1cc(COCCCC(=O)O)cc(Nc2c3ccccc3nc3ccccc23)c1.CC(Nc1cc(COC(C)C(=O)O)cc(Nc2c3ccccc3nc3ccccc23)c1)C(=O)[O-].[Na+]. The normalized spacial score (nSPS) is 11.8. The van der Waals surface area contributed by atoms with Crippen molar-refractivity contribution in [1.29, 1.82) is 0 Å². The summed E-state index contributed by atoms with van der Waals surface area (Å²) in [5.41, 5.74) is 9.44. The average molecular weight is 925 g/mol. The van der Waals surface area contributed by atoms with E-state index in [0.29, 0.717) is 42.3 Å². The van der Waals surface area contributed by atoms with Crippen molar-refractivity contribution in [1.82, 2.24) is 9.97 Å². The smallest absolute Gasteiger partial charge is 0.548 e. The third-order valence-electron chi connectivity index (χ3n) is 10.6. The van der Waals surface area contributed by atoms with Crippen LogP contribution in [0, 0.1) is 0 Å². The fourth-order valence-corrected chi connectivity index (χ4v) is 7.41. The summed E-state index contributed by atoms with van der Waals surface area (Å²) in [6.07, 6.45) is -0.467. The molecule has 6 aromatic carbocycles. The Kier molecular flexibility index (Phi) is 17.4. The number of pyridine rings is 2. The first-order valence-electron chi connectivity index (χ1n) is 21.6. The first kappa shape index (κ1) is 50.3. The van der Waals surface area contributed by atoms with E-state index in [-0.39, 0.29) is 48.5 Å². The van der Waals surface area contributed by atoms with Gasteiger partial charge in [0.1, 0.15) is 0 Å². The van der Waals surface area contributed by atoms with Crippen molar-refractivity contribution in [3.05, 3.63) is 145 Å². The Bertz CT molecular complexity index is 3010. The maximum atomic E-state index is 11.7. The number of rotatable bonds is 18. The second-order valence-electron chi connectivity index (χ2n) is 15.8. The van der Waals surface area contributed by atoms with Crippen molar-refractivity contribution in [3.8, 4) is 0 Å². The molecule has 1 amide bonds. The molecule has 68 heavy (non-hydrogen) atoms. The van der Waals surface area contributed by atoms with Crippen LogP contribution in [0.5, 0.6) is 0 Å². The molecule has 0 bridgehead atoms. The van der Waals surface area contributed by atoms with Crippen LogP contribution in [-0.2, 0) is 41.9 Å². The number of amides is 1. The minimum Gasteiger partial charge on any atom is -0.548 e. The molecule has 0 aliphatic carbocycles. The van der Waals surface area contributed by atoms with Crippen molar-refractivity contribution in [3.63, 3.8) is 0 Å². The summed E-state index contributed by atoms with van der Waals surface area (Å²) in [7, 11) is 0. The zero-order valence-electron chi connectivity index (χ0n) is 38.0. The van der Waals surface area contributed by atoms with Gasteiger partial charge < -0.3 is 50.9 Å². The van der Waals surface area contributed by atoms with E-state index in [1.807, 2.05) is 121 Å². The number of benzene rings is 6. The molecule has 2 unspecified atom stereocenters. The Labute approximate surface area is 414 Å². The van der Waals surface area contributed by atoms with Gasteiger partial charge in [0.2, 0.25) is 5.91 Å². The fraction of sp³-hybridized carbons (Fsp3) is 0.192. The number of anilines is 6. The summed E-state index contributed by atoms with van der Waals surface area (Å²) >= 11 is 0. The number of hydrogen-bond acceptors (Lipinski definition) is 12. The molecule has 6 N–H and O–H groups in total. The van der Waals surface area contributed by atoms with E-state index < -0.39 is 30.1 Å². The van der Waals surface area contributed by atoms with E-state index in [0.717, 1.165) is 66.2 Å². The zero-order chi connectivity index (χ0) is 47.5. The van der Waals surface area contributed by atoms with Crippen molar-refractivity contribution < 1.29 is 73.5 Å². The number of aromatic nitrogens is 2. The first-order chi connectivity index (χ1) is 32.3. The van der Waals surface area contributed by atoms with Crippen LogP contribution in [0.15, 0.2) is 133 Å². The van der Waals surface area contributed by atoms with Gasteiger partial charge in [0.25, 0.3) is 0 Å². The number of aliphatic carboxylic acids is 3. The Morgan fingerprint density at radius 1 is 0.618 bits per heavy atom. The second kappa shape index (κ2) is 23.5. The van der Waals surface area contributed by atoms with Gasteiger partial charge in [-0.3, -0.25) is 9.59 Å². The summed E-state index contributed by atoms with van der Waals surface area (Å²) in [5, 5.41) is 45.7. The predicted octanol–water partition coefficient (Wildman–Crippen LogP) is 6.15. The zero-order valence-corrected chi connectivity index (χ0v) is 40.0. The van der Waals surface area contributed by atoms with Crippen LogP contribution < -0.4 is 55.9 Å². The Morgan fingerprint density at radius 3 is 1.49 bits per heavy atom. The van der Waals surface area contributed by atoms with Gasteiger partial charge in [-0.25, -0.2) is 14.8 Å². The Balaban J connectivity index is 0.000000221. The van der Waals surface area contributed by atoms with Crippen molar-refractivity contribution in [2.24, 2.45) is 0 Å². The number of nitrogens with one attached hydrogen (secondary N) is 4. The minimum absolute atomic E-state index is 0. The Morgan fingerprint density at radius 2 is 1.04 bits per heavy atom. The molecule has 2 heterocycles. The predicted molar refractivity (Wildman–Crippen MR) is 259 cm³/mol. The maximum absolute atomic E-state index is 11.7. The molecule has 16 heteroatoms. The van der Waals surface area contributed by atoms with E-state index in [9.17, 15) is 24.3 Å². The van der Waals surface area contributed by atoms with Crippen molar-refractivity contribution in [2.45, 2.75) is 59.0 Å². The number of ether oxygens (including phenoxy) is 2. The van der Waals surface area contributed by atoms with Crippen LogP contribution in [0.2, 0.25) is 0 Å². The molecule has 15 nitrogen and oxygen atoms in total. The second-order valence-corrected chi connectivity index (χ2v) is 15.8. The van der Waals surface area contributed by atoms with E-state index >= 15 is 0 Å². The molecule has 2 atom stereocenters. The van der Waals surface area contributed by atoms with Crippen molar-refractivity contribution in [2.75, 3.05) is 27.9 Å². The molecule has 0 saturated carbocycles. The van der Waals surface area contributed by atoms with Gasteiger partial charge in [0.15, 0.2) is 6.10 Å². The van der Waals surface area contributed by atoms with Crippen molar-refractivity contribution >= 4 is 102 Å². The number of hydrogen-bond donors (Lipinski definition) is 6. The topological polar surface area (TPSA) is 224 Å². The van der Waals surface area contributed by atoms with Crippen LogP contribution in [0.25, 0.3) is 43.6 Å². The minimum atomic E-state index is -1.23. The molecular weight excluding hydrogens is 876 g/mol. The summed E-state index contributed by atoms with van der Waals surface area (Å²) in [6.45, 7) is 5.10. The number of carboxylic acid groups (broad SMARTS) is 3.